The summed E-state index contributed by atoms with van der Waals surface area (Å²) in [7, 11) is 0. The molecule has 0 amide bonds. The fourth-order valence-corrected chi connectivity index (χ4v) is 1.58. The van der Waals surface area contributed by atoms with Crippen molar-refractivity contribution in [3.63, 3.8) is 0 Å². The van der Waals surface area contributed by atoms with Gasteiger partial charge in [-0.1, -0.05) is 17.3 Å². The monoisotopic (exact) mass is 264 g/mol. The van der Waals surface area contributed by atoms with Gasteiger partial charge in [0.15, 0.2) is 5.76 Å². The summed E-state index contributed by atoms with van der Waals surface area (Å²) in [6.07, 6.45) is -0.776. The maximum absolute atomic E-state index is 9.22. The van der Waals surface area contributed by atoms with Crippen molar-refractivity contribution in [1.82, 2.24) is 5.16 Å². The van der Waals surface area contributed by atoms with E-state index in [4.69, 9.17) is 14.7 Å². The third-order valence-corrected chi connectivity index (χ3v) is 2.65. The van der Waals surface area contributed by atoms with Gasteiger partial charge < -0.3 is 25.2 Å². The molecule has 1 heterocycles. The summed E-state index contributed by atoms with van der Waals surface area (Å²) in [6.45, 7) is -0.159. The van der Waals surface area contributed by atoms with Crippen LogP contribution in [-0.2, 0) is 6.61 Å². The van der Waals surface area contributed by atoms with E-state index < -0.39 is 6.10 Å². The normalized spacial score (nSPS) is 12.4. The Balaban J connectivity index is 2.01. The highest BCUT2D eigenvalue weighted by atomic mass is 16.5. The smallest absolute Gasteiger partial charge is 0.162 e. The van der Waals surface area contributed by atoms with Crippen LogP contribution in [0.4, 0.5) is 5.69 Å². The Morgan fingerprint density at radius 3 is 2.53 bits per heavy atom. The van der Waals surface area contributed by atoms with Gasteiger partial charge in [-0.05, 0) is 12.1 Å². The third kappa shape index (κ3) is 3.54. The molecule has 1 atom stereocenters. The summed E-state index contributed by atoms with van der Waals surface area (Å²) < 4.78 is 4.92. The topological polar surface area (TPSA) is 98.8 Å². The van der Waals surface area contributed by atoms with E-state index in [1.54, 1.807) is 6.07 Å². The molecule has 1 aromatic carbocycles. The summed E-state index contributed by atoms with van der Waals surface area (Å²) in [6, 6.07) is 9.07. The standard InChI is InChI=1S/C13H16N2O4/c16-7-11(18)6-14-10-3-1-9(2-4-10)13-5-12(8-17)19-15-13/h1-5,11,14,16-18H,6-8H2. The summed E-state index contributed by atoms with van der Waals surface area (Å²) in [4.78, 5) is 0. The second kappa shape index (κ2) is 6.33. The second-order valence-electron chi connectivity index (χ2n) is 4.13. The van der Waals surface area contributed by atoms with E-state index in [2.05, 4.69) is 10.5 Å². The molecule has 2 rings (SSSR count). The van der Waals surface area contributed by atoms with Crippen LogP contribution in [0.2, 0.25) is 0 Å². The molecule has 1 unspecified atom stereocenters. The lowest BCUT2D eigenvalue weighted by atomic mass is 10.1. The largest absolute Gasteiger partial charge is 0.394 e. The van der Waals surface area contributed by atoms with E-state index >= 15 is 0 Å². The first kappa shape index (κ1) is 13.5. The average molecular weight is 264 g/mol. The van der Waals surface area contributed by atoms with Gasteiger partial charge in [-0.2, -0.15) is 0 Å². The lowest BCUT2D eigenvalue weighted by molar-refractivity contribution is 0.105. The van der Waals surface area contributed by atoms with Crippen LogP contribution in [0.5, 0.6) is 0 Å². The first-order valence-electron chi connectivity index (χ1n) is 5.92. The molecule has 0 saturated heterocycles. The molecule has 0 aliphatic heterocycles. The van der Waals surface area contributed by atoms with Crippen molar-refractivity contribution in [1.29, 1.82) is 0 Å². The SMILES string of the molecule is OCc1cc(-c2ccc(NCC(O)CO)cc2)no1. The quantitative estimate of drug-likeness (QED) is 0.610. The highest BCUT2D eigenvalue weighted by molar-refractivity contribution is 5.62. The van der Waals surface area contributed by atoms with Crippen molar-refractivity contribution in [2.24, 2.45) is 0 Å². The molecular weight excluding hydrogens is 248 g/mol. The molecular formula is C13H16N2O4. The summed E-state index contributed by atoms with van der Waals surface area (Å²) in [5.41, 5.74) is 2.37. The van der Waals surface area contributed by atoms with Gasteiger partial charge in [0.1, 0.15) is 12.3 Å². The number of aliphatic hydroxyl groups excluding tert-OH is 3. The molecule has 0 aliphatic rings. The zero-order valence-electron chi connectivity index (χ0n) is 10.3. The number of aliphatic hydroxyl groups is 3. The third-order valence-electron chi connectivity index (χ3n) is 2.65. The first-order chi connectivity index (χ1) is 9.22. The lowest BCUT2D eigenvalue weighted by Crippen LogP contribution is -2.22. The molecule has 4 N–H and O–H groups in total. The summed E-state index contributed by atoms with van der Waals surface area (Å²) in [5, 5.41) is 33.7. The van der Waals surface area contributed by atoms with Crippen LogP contribution < -0.4 is 5.32 Å². The van der Waals surface area contributed by atoms with Crippen LogP contribution in [-0.4, -0.2) is 39.7 Å². The predicted molar refractivity (Wildman–Crippen MR) is 69.4 cm³/mol. The van der Waals surface area contributed by atoms with Crippen molar-refractivity contribution in [3.8, 4) is 11.3 Å². The molecule has 0 bridgehead atoms. The number of aromatic nitrogens is 1. The van der Waals surface area contributed by atoms with Gasteiger partial charge in [-0.15, -0.1) is 0 Å². The Bertz CT molecular complexity index is 510. The van der Waals surface area contributed by atoms with Crippen LogP contribution in [0.3, 0.4) is 0 Å². The molecule has 1 aromatic heterocycles. The van der Waals surface area contributed by atoms with Gasteiger partial charge in [0.2, 0.25) is 0 Å². The number of nitrogens with zero attached hydrogens (tertiary/aromatic N) is 1. The van der Waals surface area contributed by atoms with Gasteiger partial charge in [0.05, 0.1) is 12.7 Å². The number of benzene rings is 1. The van der Waals surface area contributed by atoms with Gasteiger partial charge in [0.25, 0.3) is 0 Å². The molecule has 0 aliphatic carbocycles. The molecule has 0 saturated carbocycles. The molecule has 6 heteroatoms. The second-order valence-corrected chi connectivity index (χ2v) is 4.13. The molecule has 2 aromatic rings. The number of nitrogens with one attached hydrogen (secondary N) is 1. The van der Waals surface area contributed by atoms with Crippen LogP contribution in [0.25, 0.3) is 11.3 Å². The Morgan fingerprint density at radius 1 is 1.21 bits per heavy atom. The van der Waals surface area contributed by atoms with Crippen molar-refractivity contribution in [3.05, 3.63) is 36.1 Å². The zero-order chi connectivity index (χ0) is 13.7. The first-order valence-corrected chi connectivity index (χ1v) is 5.92. The van der Waals surface area contributed by atoms with Gasteiger partial charge in [0, 0.05) is 23.9 Å². The highest BCUT2D eigenvalue weighted by Crippen LogP contribution is 2.21. The minimum absolute atomic E-state index is 0.175. The van der Waals surface area contributed by atoms with E-state index in [9.17, 15) is 5.11 Å². The Kier molecular flexibility index (Phi) is 4.51. The number of hydrogen-bond acceptors (Lipinski definition) is 6. The van der Waals surface area contributed by atoms with E-state index in [0.29, 0.717) is 11.5 Å². The number of rotatable bonds is 6. The predicted octanol–water partition coefficient (Wildman–Crippen LogP) is 0.599. The van der Waals surface area contributed by atoms with Crippen LogP contribution in [0, 0.1) is 0 Å². The maximum atomic E-state index is 9.22. The summed E-state index contributed by atoms with van der Waals surface area (Å²) >= 11 is 0. The summed E-state index contributed by atoms with van der Waals surface area (Å²) in [5.74, 6) is 0.420. The number of anilines is 1. The molecule has 0 spiro atoms. The van der Waals surface area contributed by atoms with Crippen molar-refractivity contribution in [2.75, 3.05) is 18.5 Å². The minimum Gasteiger partial charge on any atom is -0.394 e. The molecule has 19 heavy (non-hydrogen) atoms. The van der Waals surface area contributed by atoms with Crippen LogP contribution in [0.1, 0.15) is 5.76 Å². The van der Waals surface area contributed by atoms with E-state index in [1.807, 2.05) is 24.3 Å². The van der Waals surface area contributed by atoms with E-state index in [-0.39, 0.29) is 19.8 Å². The Morgan fingerprint density at radius 2 is 1.95 bits per heavy atom. The zero-order valence-corrected chi connectivity index (χ0v) is 10.3. The minimum atomic E-state index is -0.776. The molecule has 6 nitrogen and oxygen atoms in total. The van der Waals surface area contributed by atoms with Crippen molar-refractivity contribution < 1.29 is 19.8 Å². The fraction of sp³-hybridized carbons (Fsp3) is 0.308. The van der Waals surface area contributed by atoms with Gasteiger partial charge in [-0.25, -0.2) is 0 Å². The van der Waals surface area contributed by atoms with Crippen molar-refractivity contribution >= 4 is 5.69 Å². The molecule has 0 radical (unpaired) electrons. The van der Waals surface area contributed by atoms with Crippen LogP contribution >= 0.6 is 0 Å². The molecule has 0 fully saturated rings. The van der Waals surface area contributed by atoms with E-state index in [0.717, 1.165) is 11.3 Å². The van der Waals surface area contributed by atoms with Crippen LogP contribution in [0.15, 0.2) is 34.9 Å². The molecule has 102 valence electrons. The van der Waals surface area contributed by atoms with Gasteiger partial charge in [-0.3, -0.25) is 0 Å². The lowest BCUT2D eigenvalue weighted by Gasteiger charge is -2.10. The Hall–Kier alpha value is -1.89. The van der Waals surface area contributed by atoms with Gasteiger partial charge >= 0.3 is 0 Å². The highest BCUT2D eigenvalue weighted by Gasteiger charge is 2.06. The Labute approximate surface area is 110 Å². The fourth-order valence-electron chi connectivity index (χ4n) is 1.58. The average Bonchev–Trinajstić information content (AvgIpc) is 2.94. The maximum Gasteiger partial charge on any atom is 0.162 e. The number of hydrogen-bond donors (Lipinski definition) is 4. The van der Waals surface area contributed by atoms with Crippen molar-refractivity contribution in [2.45, 2.75) is 12.7 Å². The van der Waals surface area contributed by atoms with E-state index in [1.165, 1.54) is 0 Å².